The molecule has 1 fully saturated rings. The number of benzene rings is 1. The van der Waals surface area contributed by atoms with Crippen molar-refractivity contribution in [2.45, 2.75) is 25.7 Å². The molecular weight excluding hydrogens is 336 g/mol. The van der Waals surface area contributed by atoms with Crippen LogP contribution in [0.5, 0.6) is 0 Å². The van der Waals surface area contributed by atoms with Crippen LogP contribution in [0.2, 0.25) is 0 Å². The lowest BCUT2D eigenvalue weighted by Crippen LogP contribution is -2.36. The van der Waals surface area contributed by atoms with Crippen molar-refractivity contribution < 1.29 is 9.53 Å². The summed E-state index contributed by atoms with van der Waals surface area (Å²) < 4.78 is 5.45. The highest BCUT2D eigenvalue weighted by Gasteiger charge is 2.19. The highest BCUT2D eigenvalue weighted by molar-refractivity contribution is 7.15. The van der Waals surface area contributed by atoms with Crippen LogP contribution in [0.25, 0.3) is 0 Å². The molecule has 7 heteroatoms. The first kappa shape index (κ1) is 16.4. The van der Waals surface area contributed by atoms with Crippen LogP contribution in [-0.4, -0.2) is 37.2 Å². The summed E-state index contributed by atoms with van der Waals surface area (Å²) in [7, 11) is 0. The number of nitrogens with two attached hydrogens (primary N) is 1. The maximum absolute atomic E-state index is 11.6. The predicted molar refractivity (Wildman–Crippen MR) is 100 cm³/mol. The molecule has 2 aromatic rings. The Labute approximate surface area is 151 Å². The summed E-state index contributed by atoms with van der Waals surface area (Å²) in [6, 6.07) is 5.57. The minimum atomic E-state index is -0.421. The van der Waals surface area contributed by atoms with Gasteiger partial charge in [0.2, 0.25) is 5.91 Å². The van der Waals surface area contributed by atoms with Crippen molar-refractivity contribution in [1.29, 1.82) is 0 Å². The Kier molecular flexibility index (Phi) is 4.59. The van der Waals surface area contributed by atoms with Gasteiger partial charge in [0.25, 0.3) is 0 Å². The van der Waals surface area contributed by atoms with Crippen LogP contribution in [0.15, 0.2) is 18.2 Å². The van der Waals surface area contributed by atoms with E-state index in [0.717, 1.165) is 42.4 Å². The van der Waals surface area contributed by atoms with E-state index in [0.29, 0.717) is 18.8 Å². The summed E-state index contributed by atoms with van der Waals surface area (Å²) in [4.78, 5) is 20.0. The predicted octanol–water partition coefficient (Wildman–Crippen LogP) is 2.70. The minimum Gasteiger partial charge on any atom is -0.378 e. The van der Waals surface area contributed by atoms with E-state index < -0.39 is 5.91 Å². The van der Waals surface area contributed by atoms with Gasteiger partial charge in [-0.3, -0.25) is 4.79 Å². The van der Waals surface area contributed by atoms with Gasteiger partial charge in [-0.25, -0.2) is 4.98 Å². The number of morpholine rings is 1. The van der Waals surface area contributed by atoms with Crippen molar-refractivity contribution in [3.8, 4) is 0 Å². The van der Waals surface area contributed by atoms with E-state index in [1.807, 2.05) is 12.1 Å². The van der Waals surface area contributed by atoms with Gasteiger partial charge in [0, 0.05) is 23.5 Å². The monoisotopic (exact) mass is 358 g/mol. The Morgan fingerprint density at radius 2 is 2.04 bits per heavy atom. The van der Waals surface area contributed by atoms with Crippen molar-refractivity contribution >= 4 is 33.8 Å². The molecule has 1 saturated heterocycles. The second-order valence-electron chi connectivity index (χ2n) is 6.42. The van der Waals surface area contributed by atoms with Gasteiger partial charge in [-0.2, -0.15) is 0 Å². The molecular formula is C18H22N4O2S. The molecule has 0 bridgehead atoms. The topological polar surface area (TPSA) is 80.5 Å². The van der Waals surface area contributed by atoms with Crippen LogP contribution in [0.3, 0.4) is 0 Å². The fourth-order valence-electron chi connectivity index (χ4n) is 3.39. The second-order valence-corrected chi connectivity index (χ2v) is 7.50. The molecule has 2 heterocycles. The molecule has 25 heavy (non-hydrogen) atoms. The summed E-state index contributed by atoms with van der Waals surface area (Å²) in [5.74, 6) is -0.421. The van der Waals surface area contributed by atoms with E-state index in [1.165, 1.54) is 23.4 Å². The van der Waals surface area contributed by atoms with Gasteiger partial charge < -0.3 is 20.7 Å². The Morgan fingerprint density at radius 1 is 1.24 bits per heavy atom. The minimum absolute atomic E-state index is 0.421. The fraction of sp³-hybridized carbons (Fsp3) is 0.444. The third-order valence-electron chi connectivity index (χ3n) is 4.72. The fourth-order valence-corrected chi connectivity index (χ4v) is 4.45. The number of nitrogens with zero attached hydrogens (tertiary/aromatic N) is 2. The Bertz CT molecular complexity index is 760. The van der Waals surface area contributed by atoms with Crippen molar-refractivity contribution in [3.63, 3.8) is 0 Å². The molecule has 0 radical (unpaired) electrons. The number of hydrogen-bond donors (Lipinski definition) is 2. The number of thiazole rings is 1. The van der Waals surface area contributed by atoms with Crippen LogP contribution >= 0.6 is 11.3 Å². The van der Waals surface area contributed by atoms with E-state index in [-0.39, 0.29) is 0 Å². The molecule has 1 aliphatic carbocycles. The van der Waals surface area contributed by atoms with Gasteiger partial charge in [-0.05, 0) is 43.9 Å². The lowest BCUT2D eigenvalue weighted by molar-refractivity contribution is 0.1000. The number of fused-ring (bicyclic) bond motifs is 1. The van der Waals surface area contributed by atoms with Crippen molar-refractivity contribution in [1.82, 2.24) is 4.98 Å². The van der Waals surface area contributed by atoms with Gasteiger partial charge in [-0.1, -0.05) is 0 Å². The Morgan fingerprint density at radius 3 is 2.80 bits per heavy atom. The lowest BCUT2D eigenvalue weighted by atomic mass is 10.0. The molecule has 2 aliphatic rings. The highest BCUT2D eigenvalue weighted by atomic mass is 32.1. The average Bonchev–Trinajstić information content (AvgIpc) is 3.04. The van der Waals surface area contributed by atoms with Crippen molar-refractivity contribution in [2.24, 2.45) is 5.73 Å². The maximum atomic E-state index is 11.6. The van der Waals surface area contributed by atoms with E-state index in [1.54, 1.807) is 17.4 Å². The number of carbonyl (C=O) groups is 1. The lowest BCUT2D eigenvalue weighted by Gasteiger charge is -2.30. The summed E-state index contributed by atoms with van der Waals surface area (Å²) in [6.45, 7) is 3.09. The molecule has 0 saturated carbocycles. The van der Waals surface area contributed by atoms with Crippen molar-refractivity contribution in [3.05, 3.63) is 34.3 Å². The van der Waals surface area contributed by atoms with Gasteiger partial charge in [0.05, 0.1) is 30.3 Å². The molecule has 0 atom stereocenters. The zero-order chi connectivity index (χ0) is 17.2. The summed E-state index contributed by atoms with van der Waals surface area (Å²) in [5, 5.41) is 4.33. The van der Waals surface area contributed by atoms with Crippen LogP contribution in [0.4, 0.5) is 16.5 Å². The van der Waals surface area contributed by atoms with Gasteiger partial charge >= 0.3 is 0 Å². The molecule has 132 valence electrons. The van der Waals surface area contributed by atoms with Gasteiger partial charge in [-0.15, -0.1) is 11.3 Å². The van der Waals surface area contributed by atoms with E-state index >= 15 is 0 Å². The number of rotatable bonds is 4. The number of primary amides is 1. The molecule has 1 aromatic heterocycles. The Balaban J connectivity index is 1.66. The average molecular weight is 358 g/mol. The number of nitrogens with one attached hydrogen (secondary N) is 1. The van der Waals surface area contributed by atoms with E-state index in [9.17, 15) is 4.79 Å². The third kappa shape index (κ3) is 3.48. The molecule has 1 amide bonds. The molecule has 0 unspecified atom stereocenters. The highest BCUT2D eigenvalue weighted by Crippen LogP contribution is 2.35. The SMILES string of the molecule is NC(=O)c1ccc(N2CCOCC2)c(Nc2nc3c(s2)CCCC3)c1. The number of amides is 1. The summed E-state index contributed by atoms with van der Waals surface area (Å²) >= 11 is 1.72. The second kappa shape index (κ2) is 7.01. The summed E-state index contributed by atoms with van der Waals surface area (Å²) in [5.41, 5.74) is 9.13. The zero-order valence-electron chi connectivity index (χ0n) is 14.1. The molecule has 1 aromatic carbocycles. The summed E-state index contributed by atoms with van der Waals surface area (Å²) in [6.07, 6.45) is 4.63. The maximum Gasteiger partial charge on any atom is 0.248 e. The quantitative estimate of drug-likeness (QED) is 0.878. The number of aryl methyl sites for hydroxylation is 2. The molecule has 4 rings (SSSR count). The van der Waals surface area contributed by atoms with Crippen molar-refractivity contribution in [2.75, 3.05) is 36.5 Å². The number of ether oxygens (including phenoxy) is 1. The zero-order valence-corrected chi connectivity index (χ0v) is 14.9. The standard InChI is InChI=1S/C18H22N4O2S/c19-17(23)12-5-6-15(22-7-9-24-10-8-22)14(11-12)21-18-20-13-3-1-2-4-16(13)25-18/h5-6,11H,1-4,7-10H2,(H2,19,23)(H,20,21). The third-order valence-corrected chi connectivity index (χ3v) is 5.79. The van der Waals surface area contributed by atoms with Crippen LogP contribution in [0.1, 0.15) is 33.8 Å². The number of aromatic nitrogens is 1. The van der Waals surface area contributed by atoms with Gasteiger partial charge in [0.1, 0.15) is 0 Å². The van der Waals surface area contributed by atoms with Gasteiger partial charge in [0.15, 0.2) is 5.13 Å². The smallest absolute Gasteiger partial charge is 0.248 e. The van der Waals surface area contributed by atoms with Crippen LogP contribution in [0, 0.1) is 0 Å². The number of anilines is 3. The van der Waals surface area contributed by atoms with Crippen LogP contribution in [-0.2, 0) is 17.6 Å². The molecule has 1 aliphatic heterocycles. The largest absolute Gasteiger partial charge is 0.378 e. The molecule has 6 nitrogen and oxygen atoms in total. The van der Waals surface area contributed by atoms with Crippen LogP contribution < -0.4 is 16.0 Å². The normalized spacial score (nSPS) is 17.2. The Hall–Kier alpha value is -2.12. The van der Waals surface area contributed by atoms with E-state index in [2.05, 4.69) is 10.2 Å². The first-order chi connectivity index (χ1) is 12.2. The first-order valence-corrected chi connectivity index (χ1v) is 9.54. The number of carbonyl (C=O) groups excluding carboxylic acids is 1. The molecule has 0 spiro atoms. The van der Waals surface area contributed by atoms with E-state index in [4.69, 9.17) is 15.5 Å². The first-order valence-electron chi connectivity index (χ1n) is 8.73. The number of hydrogen-bond acceptors (Lipinski definition) is 6. The molecule has 3 N–H and O–H groups in total.